The number of hydrogen-bond acceptors (Lipinski definition) is 3. The van der Waals surface area contributed by atoms with E-state index in [9.17, 15) is 4.79 Å². The number of hydrogen-bond donors (Lipinski definition) is 1. The largest absolute Gasteiger partial charge is 0.493 e. The van der Waals surface area contributed by atoms with Crippen LogP contribution in [0, 0.1) is 6.92 Å². The number of likely N-dealkylation sites (N-methyl/N-ethyl adjacent to an activating group) is 1. The minimum absolute atomic E-state index is 0. The molecule has 0 aromatic heterocycles. The van der Waals surface area contributed by atoms with Gasteiger partial charge in [0.2, 0.25) is 5.91 Å². The molecule has 2 N–H and O–H groups in total. The van der Waals surface area contributed by atoms with Gasteiger partial charge >= 0.3 is 0 Å². The average molecular weight is 349 g/mol. The van der Waals surface area contributed by atoms with E-state index in [0.717, 1.165) is 23.3 Å². The van der Waals surface area contributed by atoms with Gasteiger partial charge in [-0.3, -0.25) is 4.79 Å². The van der Waals surface area contributed by atoms with Crippen molar-refractivity contribution in [3.05, 3.63) is 65.7 Å². The first-order valence-electron chi connectivity index (χ1n) is 7.83. The van der Waals surface area contributed by atoms with E-state index < -0.39 is 6.04 Å². The Morgan fingerprint density at radius 3 is 2.42 bits per heavy atom. The minimum atomic E-state index is -0.613. The molecule has 0 aliphatic carbocycles. The third-order valence-corrected chi connectivity index (χ3v) is 3.79. The monoisotopic (exact) mass is 348 g/mol. The molecule has 2 rings (SSSR count). The van der Waals surface area contributed by atoms with Gasteiger partial charge in [0, 0.05) is 13.6 Å². The number of nitrogens with zero attached hydrogens (tertiary/aromatic N) is 1. The van der Waals surface area contributed by atoms with Crippen LogP contribution >= 0.6 is 12.4 Å². The van der Waals surface area contributed by atoms with Crippen LogP contribution in [0.3, 0.4) is 0 Å². The molecule has 0 fully saturated rings. The van der Waals surface area contributed by atoms with Crippen molar-refractivity contribution in [2.45, 2.75) is 19.4 Å². The second kappa shape index (κ2) is 9.96. The third kappa shape index (κ3) is 5.55. The number of carbonyl (C=O) groups is 1. The SMILES string of the molecule is Cc1ccccc1OCCCN(C)C(=O)C(N)c1ccccc1.Cl. The van der Waals surface area contributed by atoms with Crippen molar-refractivity contribution in [3.8, 4) is 5.75 Å². The van der Waals surface area contributed by atoms with Gasteiger partial charge in [0.05, 0.1) is 6.61 Å². The Kier molecular flexibility index (Phi) is 8.30. The maximum atomic E-state index is 12.3. The molecule has 0 aliphatic rings. The summed E-state index contributed by atoms with van der Waals surface area (Å²) in [6, 6.07) is 16.7. The smallest absolute Gasteiger partial charge is 0.243 e. The predicted molar refractivity (Wildman–Crippen MR) is 99.5 cm³/mol. The van der Waals surface area contributed by atoms with E-state index >= 15 is 0 Å². The Morgan fingerprint density at radius 2 is 1.75 bits per heavy atom. The van der Waals surface area contributed by atoms with Crippen molar-refractivity contribution in [3.63, 3.8) is 0 Å². The van der Waals surface area contributed by atoms with Gasteiger partial charge in [0.15, 0.2) is 0 Å². The average Bonchev–Trinajstić information content (AvgIpc) is 2.59. The number of carbonyl (C=O) groups excluding carboxylic acids is 1. The fraction of sp³-hybridized carbons (Fsp3) is 0.316. The number of ether oxygens (including phenoxy) is 1. The normalized spacial score (nSPS) is 11.3. The number of benzene rings is 2. The highest BCUT2D eigenvalue weighted by molar-refractivity contribution is 5.85. The second-order valence-corrected chi connectivity index (χ2v) is 5.62. The fourth-order valence-electron chi connectivity index (χ4n) is 2.35. The van der Waals surface area contributed by atoms with Gasteiger partial charge in [-0.1, -0.05) is 48.5 Å². The quantitative estimate of drug-likeness (QED) is 0.781. The summed E-state index contributed by atoms with van der Waals surface area (Å²) in [4.78, 5) is 14.0. The maximum absolute atomic E-state index is 12.3. The lowest BCUT2D eigenvalue weighted by atomic mass is 10.1. The summed E-state index contributed by atoms with van der Waals surface area (Å²) in [5, 5.41) is 0. The number of aryl methyl sites for hydroxylation is 1. The molecular weight excluding hydrogens is 324 g/mol. The zero-order valence-corrected chi connectivity index (χ0v) is 15.0. The molecule has 1 unspecified atom stereocenters. The van der Waals surface area contributed by atoms with E-state index in [1.165, 1.54) is 0 Å². The first-order chi connectivity index (χ1) is 11.1. The number of rotatable bonds is 7. The molecule has 0 saturated heterocycles. The summed E-state index contributed by atoms with van der Waals surface area (Å²) < 4.78 is 5.74. The molecule has 0 saturated carbocycles. The van der Waals surface area contributed by atoms with E-state index in [1.807, 2.05) is 61.5 Å². The molecule has 0 bridgehead atoms. The van der Waals surface area contributed by atoms with Crippen LogP contribution in [-0.2, 0) is 4.79 Å². The van der Waals surface area contributed by atoms with Crippen molar-refractivity contribution in [1.82, 2.24) is 4.90 Å². The summed E-state index contributed by atoms with van der Waals surface area (Å²) in [6.45, 7) is 3.21. The van der Waals surface area contributed by atoms with Crippen LogP contribution < -0.4 is 10.5 Å². The van der Waals surface area contributed by atoms with E-state index in [-0.39, 0.29) is 18.3 Å². The molecule has 4 nitrogen and oxygen atoms in total. The van der Waals surface area contributed by atoms with Crippen LogP contribution in [0.1, 0.15) is 23.6 Å². The van der Waals surface area contributed by atoms with Crippen molar-refractivity contribution in [2.75, 3.05) is 20.2 Å². The summed E-state index contributed by atoms with van der Waals surface area (Å²) in [7, 11) is 1.78. The molecule has 130 valence electrons. The minimum Gasteiger partial charge on any atom is -0.493 e. The highest BCUT2D eigenvalue weighted by atomic mass is 35.5. The van der Waals surface area contributed by atoms with Gasteiger partial charge in [-0.25, -0.2) is 0 Å². The summed E-state index contributed by atoms with van der Waals surface area (Å²) >= 11 is 0. The van der Waals surface area contributed by atoms with E-state index in [2.05, 4.69) is 0 Å². The fourth-order valence-corrected chi connectivity index (χ4v) is 2.35. The van der Waals surface area contributed by atoms with E-state index in [4.69, 9.17) is 10.5 Å². The lowest BCUT2D eigenvalue weighted by Gasteiger charge is -2.21. The second-order valence-electron chi connectivity index (χ2n) is 5.62. The van der Waals surface area contributed by atoms with Gasteiger partial charge in [0.1, 0.15) is 11.8 Å². The number of para-hydroxylation sites is 1. The molecule has 0 heterocycles. The molecule has 2 aromatic rings. The van der Waals surface area contributed by atoms with Gasteiger partial charge in [-0.2, -0.15) is 0 Å². The molecule has 24 heavy (non-hydrogen) atoms. The van der Waals surface area contributed by atoms with Crippen LogP contribution in [0.15, 0.2) is 54.6 Å². The van der Waals surface area contributed by atoms with Crippen LogP contribution in [0.5, 0.6) is 5.75 Å². The van der Waals surface area contributed by atoms with Gasteiger partial charge in [-0.05, 0) is 30.5 Å². The molecule has 2 aromatic carbocycles. The summed E-state index contributed by atoms with van der Waals surface area (Å²) in [6.07, 6.45) is 0.762. The molecular formula is C19H25ClN2O2. The van der Waals surface area contributed by atoms with E-state index in [0.29, 0.717) is 13.2 Å². The zero-order valence-electron chi connectivity index (χ0n) is 14.1. The number of halogens is 1. The summed E-state index contributed by atoms with van der Waals surface area (Å²) in [5.41, 5.74) is 7.98. The Bertz CT molecular complexity index is 634. The standard InChI is InChI=1S/C19H24N2O2.ClH/c1-15-9-6-7-12-17(15)23-14-8-13-21(2)19(22)18(20)16-10-4-3-5-11-16;/h3-7,9-12,18H,8,13-14,20H2,1-2H3;1H. The predicted octanol–water partition coefficient (Wildman–Crippen LogP) is 3.34. The molecule has 0 aliphatic heterocycles. The third-order valence-electron chi connectivity index (χ3n) is 3.79. The number of amides is 1. The highest BCUT2D eigenvalue weighted by Gasteiger charge is 2.19. The van der Waals surface area contributed by atoms with Crippen LogP contribution in [0.25, 0.3) is 0 Å². The lowest BCUT2D eigenvalue weighted by molar-refractivity contribution is -0.131. The van der Waals surface area contributed by atoms with Gasteiger partial charge in [0.25, 0.3) is 0 Å². The zero-order chi connectivity index (χ0) is 16.7. The summed E-state index contributed by atoms with van der Waals surface area (Å²) in [5.74, 6) is 0.814. The Hall–Kier alpha value is -2.04. The first kappa shape index (κ1) is 20.0. The van der Waals surface area contributed by atoms with Crippen molar-refractivity contribution in [1.29, 1.82) is 0 Å². The topological polar surface area (TPSA) is 55.6 Å². The van der Waals surface area contributed by atoms with Crippen molar-refractivity contribution in [2.24, 2.45) is 5.73 Å². The lowest BCUT2D eigenvalue weighted by Crippen LogP contribution is -2.36. The van der Waals surface area contributed by atoms with Crippen molar-refractivity contribution < 1.29 is 9.53 Å². The Morgan fingerprint density at radius 1 is 1.12 bits per heavy atom. The van der Waals surface area contributed by atoms with E-state index in [1.54, 1.807) is 11.9 Å². The molecule has 0 spiro atoms. The molecule has 0 radical (unpaired) electrons. The molecule has 1 atom stereocenters. The highest BCUT2D eigenvalue weighted by Crippen LogP contribution is 2.16. The van der Waals surface area contributed by atoms with Crippen LogP contribution in [0.4, 0.5) is 0 Å². The Balaban J connectivity index is 0.00000288. The number of nitrogens with two attached hydrogens (primary N) is 1. The molecule has 1 amide bonds. The van der Waals surface area contributed by atoms with Gasteiger partial charge < -0.3 is 15.4 Å². The maximum Gasteiger partial charge on any atom is 0.243 e. The molecule has 5 heteroatoms. The van der Waals surface area contributed by atoms with Crippen LogP contribution in [-0.4, -0.2) is 31.0 Å². The Labute approximate surface area is 150 Å². The first-order valence-corrected chi connectivity index (χ1v) is 7.83. The van der Waals surface area contributed by atoms with Crippen LogP contribution in [0.2, 0.25) is 0 Å². The van der Waals surface area contributed by atoms with Crippen molar-refractivity contribution >= 4 is 18.3 Å². The van der Waals surface area contributed by atoms with Gasteiger partial charge in [-0.15, -0.1) is 12.4 Å².